The van der Waals surface area contributed by atoms with Crippen molar-refractivity contribution in [3.8, 4) is 0 Å². The zero-order valence-corrected chi connectivity index (χ0v) is 11.8. The normalized spacial score (nSPS) is 11.1. The maximum absolute atomic E-state index is 12.4. The predicted octanol–water partition coefficient (Wildman–Crippen LogP) is 2.30. The highest BCUT2D eigenvalue weighted by atomic mass is 19.4. The summed E-state index contributed by atoms with van der Waals surface area (Å²) >= 11 is 0. The van der Waals surface area contributed by atoms with Crippen LogP contribution in [0.1, 0.15) is 29.8 Å². The van der Waals surface area contributed by atoms with E-state index >= 15 is 0 Å². The Hall–Kier alpha value is -2.05. The van der Waals surface area contributed by atoms with E-state index in [-0.39, 0.29) is 18.0 Å². The van der Waals surface area contributed by atoms with Crippen LogP contribution >= 0.6 is 0 Å². The number of amides is 2. The van der Waals surface area contributed by atoms with E-state index < -0.39 is 17.6 Å². The lowest BCUT2D eigenvalue weighted by Gasteiger charge is -2.18. The Labute approximate surface area is 120 Å². The van der Waals surface area contributed by atoms with E-state index in [1.807, 2.05) is 13.8 Å². The van der Waals surface area contributed by atoms with E-state index in [1.165, 1.54) is 0 Å². The number of hydrogen-bond acceptors (Lipinski definition) is 2. The average molecular weight is 302 g/mol. The van der Waals surface area contributed by atoms with Gasteiger partial charge in [0.15, 0.2) is 0 Å². The molecule has 1 N–H and O–H groups in total. The van der Waals surface area contributed by atoms with Gasteiger partial charge in [0, 0.05) is 18.7 Å². The molecule has 0 saturated heterocycles. The van der Waals surface area contributed by atoms with Gasteiger partial charge in [-0.15, -0.1) is 0 Å². The summed E-state index contributed by atoms with van der Waals surface area (Å²) in [6.07, 6.45) is -4.44. The maximum atomic E-state index is 12.4. The van der Waals surface area contributed by atoms with Crippen molar-refractivity contribution >= 4 is 11.8 Å². The van der Waals surface area contributed by atoms with Crippen LogP contribution < -0.4 is 5.32 Å². The molecule has 4 nitrogen and oxygen atoms in total. The zero-order chi connectivity index (χ0) is 16.0. The lowest BCUT2D eigenvalue weighted by molar-refractivity contribution is -0.137. The molecule has 0 unspecified atom stereocenters. The molecule has 1 aromatic rings. The summed E-state index contributed by atoms with van der Waals surface area (Å²) < 4.78 is 37.2. The molecule has 1 rings (SSSR count). The molecule has 0 radical (unpaired) electrons. The van der Waals surface area contributed by atoms with Gasteiger partial charge in [-0.1, -0.05) is 0 Å². The van der Waals surface area contributed by atoms with Gasteiger partial charge in [0.2, 0.25) is 5.91 Å². The number of carbonyl (C=O) groups is 2. The number of carbonyl (C=O) groups excluding carboxylic acids is 2. The molecular weight excluding hydrogens is 285 g/mol. The van der Waals surface area contributed by atoms with Gasteiger partial charge in [-0.25, -0.2) is 0 Å². The summed E-state index contributed by atoms with van der Waals surface area (Å²) in [6, 6.07) is 3.84. The number of benzene rings is 1. The van der Waals surface area contributed by atoms with Gasteiger partial charge in [-0.3, -0.25) is 9.59 Å². The molecule has 0 saturated carbocycles. The molecule has 2 amide bonds. The van der Waals surface area contributed by atoms with Gasteiger partial charge < -0.3 is 10.2 Å². The molecule has 0 spiro atoms. The minimum Gasteiger partial charge on any atom is -0.343 e. The molecule has 0 heterocycles. The first-order valence-electron chi connectivity index (χ1n) is 6.52. The van der Waals surface area contributed by atoms with Crippen LogP contribution in [0, 0.1) is 0 Å². The van der Waals surface area contributed by atoms with Crippen LogP contribution in [0.15, 0.2) is 24.3 Å². The largest absolute Gasteiger partial charge is 0.416 e. The van der Waals surface area contributed by atoms with Crippen LogP contribution in [-0.4, -0.2) is 36.3 Å². The number of nitrogens with zero attached hydrogens (tertiary/aromatic N) is 1. The van der Waals surface area contributed by atoms with E-state index in [9.17, 15) is 22.8 Å². The third kappa shape index (κ3) is 4.77. The van der Waals surface area contributed by atoms with Gasteiger partial charge in [-0.05, 0) is 38.1 Å². The number of nitrogens with one attached hydrogen (secondary N) is 1. The van der Waals surface area contributed by atoms with E-state index in [2.05, 4.69) is 5.32 Å². The van der Waals surface area contributed by atoms with Crippen molar-refractivity contribution in [2.75, 3.05) is 19.6 Å². The van der Waals surface area contributed by atoms with Crippen molar-refractivity contribution < 1.29 is 22.8 Å². The Morgan fingerprint density at radius 3 is 2.05 bits per heavy atom. The molecule has 0 aromatic heterocycles. The second-order valence-corrected chi connectivity index (χ2v) is 4.32. The molecule has 7 heteroatoms. The molecular formula is C14H17F3N2O2. The third-order valence-electron chi connectivity index (χ3n) is 2.99. The second-order valence-electron chi connectivity index (χ2n) is 4.32. The van der Waals surface area contributed by atoms with Gasteiger partial charge in [0.05, 0.1) is 12.1 Å². The van der Waals surface area contributed by atoms with Crippen LogP contribution in [0.4, 0.5) is 13.2 Å². The quantitative estimate of drug-likeness (QED) is 0.907. The van der Waals surface area contributed by atoms with Crippen molar-refractivity contribution in [3.63, 3.8) is 0 Å². The highest BCUT2D eigenvalue weighted by molar-refractivity contribution is 5.96. The maximum Gasteiger partial charge on any atom is 0.416 e. The van der Waals surface area contributed by atoms with Gasteiger partial charge >= 0.3 is 6.18 Å². The van der Waals surface area contributed by atoms with Crippen LogP contribution in [0.5, 0.6) is 0 Å². The standard InChI is InChI=1S/C14H17F3N2O2/c1-3-19(4-2)12(20)9-18-13(21)10-5-7-11(8-6-10)14(15,16)17/h5-8H,3-4,9H2,1-2H3,(H,18,21). The third-order valence-corrected chi connectivity index (χ3v) is 2.99. The lowest BCUT2D eigenvalue weighted by Crippen LogP contribution is -2.40. The minimum atomic E-state index is -4.44. The number of hydrogen-bond donors (Lipinski definition) is 1. The molecule has 0 bridgehead atoms. The Balaban J connectivity index is 2.62. The van der Waals surface area contributed by atoms with Crippen LogP contribution in [0.2, 0.25) is 0 Å². The fourth-order valence-corrected chi connectivity index (χ4v) is 1.76. The summed E-state index contributed by atoms with van der Waals surface area (Å²) in [5.74, 6) is -0.815. The van der Waals surface area contributed by atoms with Crippen molar-refractivity contribution in [2.24, 2.45) is 0 Å². The Bertz CT molecular complexity index is 494. The summed E-state index contributed by atoms with van der Waals surface area (Å²) in [4.78, 5) is 25.0. The van der Waals surface area contributed by atoms with Crippen molar-refractivity contribution in [3.05, 3.63) is 35.4 Å². The van der Waals surface area contributed by atoms with Gasteiger partial charge in [0.1, 0.15) is 0 Å². The SMILES string of the molecule is CCN(CC)C(=O)CNC(=O)c1ccc(C(F)(F)F)cc1. The number of likely N-dealkylation sites (N-methyl/N-ethyl adjacent to an activating group) is 1. The molecule has 0 aliphatic carbocycles. The first-order valence-corrected chi connectivity index (χ1v) is 6.52. The highest BCUT2D eigenvalue weighted by Gasteiger charge is 2.30. The number of halogens is 3. The molecule has 116 valence electrons. The molecule has 1 aromatic carbocycles. The number of rotatable bonds is 5. The molecule has 0 atom stereocenters. The molecule has 0 aliphatic rings. The van der Waals surface area contributed by atoms with E-state index in [4.69, 9.17) is 0 Å². The van der Waals surface area contributed by atoms with Gasteiger partial charge in [-0.2, -0.15) is 13.2 Å². The van der Waals surface area contributed by atoms with E-state index in [0.717, 1.165) is 24.3 Å². The van der Waals surface area contributed by atoms with Crippen molar-refractivity contribution in [1.82, 2.24) is 10.2 Å². The van der Waals surface area contributed by atoms with Crippen LogP contribution in [0.25, 0.3) is 0 Å². The topological polar surface area (TPSA) is 49.4 Å². The summed E-state index contributed by atoms with van der Waals surface area (Å²) in [5, 5.41) is 2.39. The zero-order valence-electron chi connectivity index (χ0n) is 11.8. The Morgan fingerprint density at radius 2 is 1.62 bits per heavy atom. The summed E-state index contributed by atoms with van der Waals surface area (Å²) in [6.45, 7) is 4.52. The molecule has 0 fully saturated rings. The highest BCUT2D eigenvalue weighted by Crippen LogP contribution is 2.28. The molecule has 0 aliphatic heterocycles. The van der Waals surface area contributed by atoms with E-state index in [0.29, 0.717) is 13.1 Å². The summed E-state index contributed by atoms with van der Waals surface area (Å²) in [5.41, 5.74) is -0.742. The van der Waals surface area contributed by atoms with Gasteiger partial charge in [0.25, 0.3) is 5.91 Å². The van der Waals surface area contributed by atoms with Crippen molar-refractivity contribution in [2.45, 2.75) is 20.0 Å². The predicted molar refractivity (Wildman–Crippen MR) is 71.7 cm³/mol. The molecule has 21 heavy (non-hydrogen) atoms. The van der Waals surface area contributed by atoms with Crippen LogP contribution in [-0.2, 0) is 11.0 Å². The Kier molecular flexibility index (Phi) is 5.75. The average Bonchev–Trinajstić information content (AvgIpc) is 2.45. The first kappa shape index (κ1) is 17.0. The smallest absolute Gasteiger partial charge is 0.343 e. The van der Waals surface area contributed by atoms with E-state index in [1.54, 1.807) is 4.90 Å². The fraction of sp³-hybridized carbons (Fsp3) is 0.429. The number of alkyl halides is 3. The second kappa shape index (κ2) is 7.10. The fourth-order valence-electron chi connectivity index (χ4n) is 1.76. The summed E-state index contributed by atoms with van der Waals surface area (Å²) in [7, 11) is 0. The Morgan fingerprint density at radius 1 is 1.10 bits per heavy atom. The minimum absolute atomic E-state index is 0.0790. The monoisotopic (exact) mass is 302 g/mol. The lowest BCUT2D eigenvalue weighted by atomic mass is 10.1. The first-order chi connectivity index (χ1) is 9.79. The van der Waals surface area contributed by atoms with Crippen LogP contribution in [0.3, 0.4) is 0 Å². The van der Waals surface area contributed by atoms with Crippen molar-refractivity contribution in [1.29, 1.82) is 0 Å².